The second-order valence-electron chi connectivity index (χ2n) is 7.84. The second-order valence-corrected chi connectivity index (χ2v) is 8.83. The van der Waals surface area contributed by atoms with Gasteiger partial charge in [-0.25, -0.2) is 4.98 Å². The topological polar surface area (TPSA) is 84.8 Å². The van der Waals surface area contributed by atoms with Gasteiger partial charge in [0.2, 0.25) is 5.13 Å². The third-order valence-electron chi connectivity index (χ3n) is 5.29. The van der Waals surface area contributed by atoms with E-state index in [0.29, 0.717) is 32.9 Å². The third-order valence-corrected chi connectivity index (χ3v) is 6.17. The Morgan fingerprint density at radius 3 is 2.29 bits per heavy atom. The summed E-state index contributed by atoms with van der Waals surface area (Å²) in [5.74, 6) is 1.01. The highest BCUT2D eigenvalue weighted by Crippen LogP contribution is 2.36. The zero-order valence-corrected chi connectivity index (χ0v) is 20.8. The summed E-state index contributed by atoms with van der Waals surface area (Å²) in [4.78, 5) is 17.6. The van der Waals surface area contributed by atoms with Gasteiger partial charge in [-0.05, 0) is 38.1 Å². The van der Waals surface area contributed by atoms with Gasteiger partial charge in [-0.3, -0.25) is 10.2 Å². The summed E-state index contributed by atoms with van der Waals surface area (Å²) in [6.07, 6.45) is 1.64. The van der Waals surface area contributed by atoms with Crippen molar-refractivity contribution in [1.29, 1.82) is 0 Å². The Bertz CT molecular complexity index is 1350. The van der Waals surface area contributed by atoms with Crippen LogP contribution in [-0.4, -0.2) is 31.3 Å². The molecule has 1 amide bonds. The summed E-state index contributed by atoms with van der Waals surface area (Å²) in [5, 5.41) is 8.51. The van der Waals surface area contributed by atoms with Crippen LogP contribution in [-0.2, 0) is 0 Å². The molecular weight excluding hydrogens is 460 g/mol. The van der Waals surface area contributed by atoms with Crippen LogP contribution in [0.3, 0.4) is 0 Å². The lowest BCUT2D eigenvalue weighted by Crippen LogP contribution is -2.11. The molecule has 2 N–H and O–H groups in total. The van der Waals surface area contributed by atoms with Crippen LogP contribution in [0, 0.1) is 13.8 Å². The number of aryl methyl sites for hydroxylation is 2. The van der Waals surface area contributed by atoms with Gasteiger partial charge in [0, 0.05) is 16.7 Å². The van der Waals surface area contributed by atoms with Crippen LogP contribution in [0.4, 0.5) is 10.1 Å². The van der Waals surface area contributed by atoms with Crippen LogP contribution >= 0.6 is 11.3 Å². The van der Waals surface area contributed by atoms with Gasteiger partial charge < -0.3 is 14.8 Å². The third kappa shape index (κ3) is 5.67. The minimum atomic E-state index is -0.196. The maximum absolute atomic E-state index is 12.9. The summed E-state index contributed by atoms with van der Waals surface area (Å²) < 4.78 is 10.8. The molecule has 35 heavy (non-hydrogen) atoms. The maximum Gasteiger partial charge on any atom is 0.256 e. The number of hydrazone groups is 1. The van der Waals surface area contributed by atoms with Crippen LogP contribution in [0.5, 0.6) is 11.5 Å². The lowest BCUT2D eigenvalue weighted by molar-refractivity contribution is 0.102. The number of amides is 1. The molecule has 0 saturated carbocycles. The van der Waals surface area contributed by atoms with Crippen molar-refractivity contribution in [2.75, 3.05) is 25.0 Å². The van der Waals surface area contributed by atoms with E-state index in [1.165, 1.54) is 11.3 Å². The average Bonchev–Trinajstić information content (AvgIpc) is 3.26. The van der Waals surface area contributed by atoms with E-state index in [4.69, 9.17) is 14.5 Å². The molecule has 178 valence electrons. The van der Waals surface area contributed by atoms with Gasteiger partial charge in [0.25, 0.3) is 5.91 Å². The van der Waals surface area contributed by atoms with Gasteiger partial charge in [-0.2, -0.15) is 5.10 Å². The van der Waals surface area contributed by atoms with Crippen molar-refractivity contribution >= 4 is 33.6 Å². The molecular formula is C27H26N4O3S. The number of thiazole rings is 1. The summed E-state index contributed by atoms with van der Waals surface area (Å²) in [7, 11) is 3.17. The maximum atomic E-state index is 12.9. The summed E-state index contributed by atoms with van der Waals surface area (Å²) >= 11 is 1.31. The first-order valence-corrected chi connectivity index (χ1v) is 11.8. The Kier molecular flexibility index (Phi) is 7.42. The molecule has 0 saturated heterocycles. The predicted octanol–water partition coefficient (Wildman–Crippen LogP) is 6.14. The molecule has 7 nitrogen and oxygen atoms in total. The van der Waals surface area contributed by atoms with E-state index in [1.807, 2.05) is 80.6 Å². The van der Waals surface area contributed by atoms with Crippen LogP contribution < -0.4 is 20.2 Å². The Morgan fingerprint density at radius 1 is 0.943 bits per heavy atom. The van der Waals surface area contributed by atoms with Gasteiger partial charge in [0.05, 0.1) is 20.4 Å². The molecule has 0 atom stereocenters. The summed E-state index contributed by atoms with van der Waals surface area (Å²) in [6, 6.07) is 21.0. The van der Waals surface area contributed by atoms with E-state index in [1.54, 1.807) is 20.4 Å². The number of nitrogens with one attached hydrogen (secondary N) is 2. The molecule has 3 aromatic carbocycles. The van der Waals surface area contributed by atoms with E-state index in [0.717, 1.165) is 22.3 Å². The number of para-hydroxylation sites is 1. The lowest BCUT2D eigenvalue weighted by Gasteiger charge is -2.09. The Morgan fingerprint density at radius 2 is 1.63 bits per heavy atom. The number of methoxy groups -OCH3 is 2. The quantitative estimate of drug-likeness (QED) is 0.231. The smallest absolute Gasteiger partial charge is 0.256 e. The number of aromatic nitrogens is 1. The van der Waals surface area contributed by atoms with E-state index in [-0.39, 0.29) is 5.91 Å². The number of anilines is 2. The lowest BCUT2D eigenvalue weighted by atomic mass is 10.1. The Balaban J connectivity index is 1.61. The van der Waals surface area contributed by atoms with E-state index >= 15 is 0 Å². The highest BCUT2D eigenvalue weighted by Gasteiger charge is 2.17. The minimum absolute atomic E-state index is 0.196. The number of nitrogens with zero attached hydrogens (tertiary/aromatic N) is 2. The number of hydrogen-bond donors (Lipinski definition) is 2. The fourth-order valence-electron chi connectivity index (χ4n) is 3.41. The van der Waals surface area contributed by atoms with Crippen molar-refractivity contribution in [3.8, 4) is 22.8 Å². The van der Waals surface area contributed by atoms with Gasteiger partial charge in [0.1, 0.15) is 10.7 Å². The van der Waals surface area contributed by atoms with E-state index in [9.17, 15) is 4.79 Å². The fourth-order valence-corrected chi connectivity index (χ4v) is 4.24. The number of benzene rings is 3. The molecule has 0 unspecified atom stereocenters. The van der Waals surface area contributed by atoms with Crippen molar-refractivity contribution in [2.24, 2.45) is 5.10 Å². The van der Waals surface area contributed by atoms with Crippen molar-refractivity contribution in [1.82, 2.24) is 4.98 Å². The first kappa shape index (κ1) is 24.0. The van der Waals surface area contributed by atoms with Crippen molar-refractivity contribution in [3.05, 3.63) is 89.0 Å². The fraction of sp³-hybridized carbons (Fsp3) is 0.148. The predicted molar refractivity (Wildman–Crippen MR) is 142 cm³/mol. The van der Waals surface area contributed by atoms with Crippen LogP contribution in [0.1, 0.15) is 27.0 Å². The van der Waals surface area contributed by atoms with E-state index < -0.39 is 0 Å². The first-order chi connectivity index (χ1) is 17.0. The van der Waals surface area contributed by atoms with Gasteiger partial charge >= 0.3 is 0 Å². The SMILES string of the molecule is COc1cccc(/C=N/Nc2nc(-c3ccc(C)cc3)c(NC(=O)c3ccc(C)cc3)s2)c1OC. The Labute approximate surface area is 208 Å². The molecule has 8 heteroatoms. The van der Waals surface area contributed by atoms with Crippen molar-refractivity contribution in [2.45, 2.75) is 13.8 Å². The number of hydrogen-bond acceptors (Lipinski definition) is 7. The highest BCUT2D eigenvalue weighted by atomic mass is 32.1. The molecule has 1 aromatic heterocycles. The molecule has 0 aliphatic heterocycles. The van der Waals surface area contributed by atoms with Gasteiger partial charge in [0.15, 0.2) is 11.5 Å². The van der Waals surface area contributed by atoms with Crippen LogP contribution in [0.2, 0.25) is 0 Å². The largest absolute Gasteiger partial charge is 0.493 e. The molecule has 0 radical (unpaired) electrons. The number of rotatable bonds is 8. The molecule has 0 aliphatic carbocycles. The monoisotopic (exact) mass is 486 g/mol. The number of carbonyl (C=O) groups excluding carboxylic acids is 1. The zero-order chi connectivity index (χ0) is 24.8. The van der Waals surface area contributed by atoms with E-state index in [2.05, 4.69) is 15.8 Å². The molecule has 0 aliphatic rings. The van der Waals surface area contributed by atoms with Gasteiger partial charge in [-0.1, -0.05) is 64.9 Å². The molecule has 0 fully saturated rings. The van der Waals surface area contributed by atoms with Crippen molar-refractivity contribution < 1.29 is 14.3 Å². The zero-order valence-electron chi connectivity index (χ0n) is 20.0. The second kappa shape index (κ2) is 10.8. The standard InChI is InChI=1S/C27H26N4O3S/c1-17-8-12-19(13-9-17)23-26(30-25(32)20-14-10-18(2)11-15-20)35-27(29-23)31-28-16-21-6-5-7-22(33-3)24(21)34-4/h5-16H,1-4H3,(H,29,31)(H,30,32)/b28-16+. The van der Waals surface area contributed by atoms with Gasteiger partial charge in [-0.15, -0.1) is 0 Å². The molecule has 1 heterocycles. The number of ether oxygens (including phenoxy) is 2. The average molecular weight is 487 g/mol. The molecule has 4 rings (SSSR count). The van der Waals surface area contributed by atoms with Crippen molar-refractivity contribution in [3.63, 3.8) is 0 Å². The summed E-state index contributed by atoms with van der Waals surface area (Å²) in [6.45, 7) is 4.01. The molecule has 0 bridgehead atoms. The summed E-state index contributed by atoms with van der Waals surface area (Å²) in [5.41, 5.74) is 8.12. The normalized spacial score (nSPS) is 10.9. The minimum Gasteiger partial charge on any atom is -0.493 e. The molecule has 4 aromatic rings. The first-order valence-electron chi connectivity index (χ1n) is 10.9. The number of carbonyl (C=O) groups is 1. The van der Waals surface area contributed by atoms with Crippen LogP contribution in [0.25, 0.3) is 11.3 Å². The highest BCUT2D eigenvalue weighted by molar-refractivity contribution is 7.20. The van der Waals surface area contributed by atoms with Crippen LogP contribution in [0.15, 0.2) is 71.8 Å². The molecule has 0 spiro atoms. The Hall–Kier alpha value is -4.17.